The molecule has 2 aromatic rings. The van der Waals surface area contributed by atoms with E-state index >= 15 is 0 Å². The minimum atomic E-state index is -0.622. The maximum absolute atomic E-state index is 12.0. The molecule has 11 heteroatoms. The molecule has 11 nitrogen and oxygen atoms in total. The Labute approximate surface area is 158 Å². The molecule has 0 saturated heterocycles. The molecule has 0 aliphatic carbocycles. The number of methoxy groups -OCH3 is 2. The number of rotatable bonds is 8. The molecule has 1 N–H and O–H groups in total. The van der Waals surface area contributed by atoms with Crippen LogP contribution < -0.4 is 14.9 Å². The largest absolute Gasteiger partial charge is 0.496 e. The Bertz CT molecular complexity index is 943. The number of nitrogens with zero attached hydrogens (tertiary/aromatic N) is 3. The van der Waals surface area contributed by atoms with Crippen molar-refractivity contribution >= 4 is 23.5 Å². The highest BCUT2D eigenvalue weighted by Gasteiger charge is 2.19. The fourth-order valence-electron chi connectivity index (χ4n) is 2.37. The molecule has 0 aliphatic rings. The molecule has 2 aromatic carbocycles. The highest BCUT2D eigenvalue weighted by atomic mass is 16.6. The van der Waals surface area contributed by atoms with Crippen molar-refractivity contribution < 1.29 is 24.1 Å². The highest BCUT2D eigenvalue weighted by Crippen LogP contribution is 2.33. The lowest BCUT2D eigenvalue weighted by Crippen LogP contribution is -2.20. The molecule has 0 unspecified atom stereocenters. The van der Waals surface area contributed by atoms with E-state index in [9.17, 15) is 25.0 Å². The average molecular weight is 388 g/mol. The van der Waals surface area contributed by atoms with Crippen molar-refractivity contribution in [3.05, 3.63) is 67.8 Å². The van der Waals surface area contributed by atoms with Gasteiger partial charge in [0.15, 0.2) is 0 Å². The second kappa shape index (κ2) is 9.07. The molecule has 2 rings (SSSR count). The number of hydrogen-bond donors (Lipinski definition) is 1. The monoisotopic (exact) mass is 388 g/mol. The third-order valence-electron chi connectivity index (χ3n) is 3.66. The first kappa shape index (κ1) is 20.3. The molecule has 146 valence electrons. The SMILES string of the molecule is COc1cc(OC)c([N+](=O)[O-])cc1/C=N/NC(=O)Cc1ccccc1[N+](=O)[O-]. The van der Waals surface area contributed by atoms with Gasteiger partial charge in [0.2, 0.25) is 11.7 Å². The lowest BCUT2D eigenvalue weighted by molar-refractivity contribution is -0.385. The quantitative estimate of drug-likeness (QED) is 0.414. The standard InChI is InChI=1S/C17H16N4O7/c1-27-15-9-16(28-2)14(21(25)26)7-12(15)10-18-19-17(22)8-11-5-3-4-6-13(11)20(23)24/h3-7,9-10H,8H2,1-2H3,(H,19,22)/b18-10+. The van der Waals surface area contributed by atoms with Crippen molar-refractivity contribution in [2.24, 2.45) is 5.10 Å². The molecule has 0 aliphatic heterocycles. The highest BCUT2D eigenvalue weighted by molar-refractivity contribution is 5.87. The fraction of sp³-hybridized carbons (Fsp3) is 0.176. The van der Waals surface area contributed by atoms with E-state index in [0.29, 0.717) is 0 Å². The van der Waals surface area contributed by atoms with E-state index in [1.807, 2.05) is 0 Å². The summed E-state index contributed by atoms with van der Waals surface area (Å²) in [5.74, 6) is -0.328. The second-order valence-corrected chi connectivity index (χ2v) is 5.38. The van der Waals surface area contributed by atoms with Crippen LogP contribution in [0.25, 0.3) is 0 Å². The fourth-order valence-corrected chi connectivity index (χ4v) is 2.37. The molecule has 0 spiro atoms. The molecular formula is C17H16N4O7. The molecule has 0 bridgehead atoms. The maximum Gasteiger partial charge on any atom is 0.311 e. The topological polar surface area (TPSA) is 146 Å². The number of para-hydroxylation sites is 1. The maximum atomic E-state index is 12.0. The number of benzene rings is 2. The number of ether oxygens (including phenoxy) is 2. The van der Waals surface area contributed by atoms with Crippen LogP contribution in [0.1, 0.15) is 11.1 Å². The van der Waals surface area contributed by atoms with E-state index in [-0.39, 0.29) is 40.4 Å². The van der Waals surface area contributed by atoms with E-state index in [1.165, 1.54) is 50.8 Å². The number of carbonyl (C=O) groups is 1. The molecule has 1 amide bonds. The second-order valence-electron chi connectivity index (χ2n) is 5.38. The summed E-state index contributed by atoms with van der Waals surface area (Å²) in [7, 11) is 2.66. The van der Waals surface area contributed by atoms with Crippen molar-refractivity contribution in [1.82, 2.24) is 5.43 Å². The van der Waals surface area contributed by atoms with Gasteiger partial charge in [0, 0.05) is 29.3 Å². The normalized spacial score (nSPS) is 10.5. The molecule has 0 atom stereocenters. The van der Waals surface area contributed by atoms with Crippen molar-refractivity contribution in [1.29, 1.82) is 0 Å². The summed E-state index contributed by atoms with van der Waals surface area (Å²) in [6, 6.07) is 8.37. The number of amides is 1. The van der Waals surface area contributed by atoms with Gasteiger partial charge in [-0.05, 0) is 0 Å². The zero-order chi connectivity index (χ0) is 20.7. The average Bonchev–Trinajstić information content (AvgIpc) is 2.67. The zero-order valence-corrected chi connectivity index (χ0v) is 14.9. The summed E-state index contributed by atoms with van der Waals surface area (Å²) >= 11 is 0. The molecule has 0 radical (unpaired) electrons. The molecule has 28 heavy (non-hydrogen) atoms. The smallest absolute Gasteiger partial charge is 0.311 e. The summed E-state index contributed by atoms with van der Waals surface area (Å²) in [6.07, 6.45) is 0.914. The molecule has 0 aromatic heterocycles. The van der Waals surface area contributed by atoms with Crippen molar-refractivity contribution in [3.63, 3.8) is 0 Å². The number of nitro benzene ring substituents is 2. The van der Waals surface area contributed by atoms with Gasteiger partial charge in [-0.15, -0.1) is 0 Å². The Morgan fingerprint density at radius 3 is 2.32 bits per heavy atom. The first-order valence-electron chi connectivity index (χ1n) is 7.82. The van der Waals surface area contributed by atoms with Crippen LogP contribution in [-0.4, -0.2) is 36.2 Å². The van der Waals surface area contributed by atoms with Crippen molar-refractivity contribution in [3.8, 4) is 11.5 Å². The van der Waals surface area contributed by atoms with E-state index in [4.69, 9.17) is 9.47 Å². The summed E-state index contributed by atoms with van der Waals surface area (Å²) < 4.78 is 10.1. The Balaban J connectivity index is 2.16. The van der Waals surface area contributed by atoms with Crippen LogP contribution in [0.2, 0.25) is 0 Å². The zero-order valence-electron chi connectivity index (χ0n) is 14.9. The van der Waals surface area contributed by atoms with Crippen molar-refractivity contribution in [2.45, 2.75) is 6.42 Å². The minimum Gasteiger partial charge on any atom is -0.496 e. The van der Waals surface area contributed by atoms with Crippen LogP contribution >= 0.6 is 0 Å². The van der Waals surface area contributed by atoms with Gasteiger partial charge in [-0.25, -0.2) is 5.43 Å². The minimum absolute atomic E-state index is 0.0134. The van der Waals surface area contributed by atoms with Gasteiger partial charge >= 0.3 is 5.69 Å². The summed E-state index contributed by atoms with van der Waals surface area (Å²) in [6.45, 7) is 0. The summed E-state index contributed by atoms with van der Waals surface area (Å²) in [4.78, 5) is 32.9. The number of nitro groups is 2. The first-order chi connectivity index (χ1) is 13.4. The van der Waals surface area contributed by atoms with Crippen LogP contribution in [0.5, 0.6) is 11.5 Å². The lowest BCUT2D eigenvalue weighted by Gasteiger charge is -2.08. The van der Waals surface area contributed by atoms with E-state index in [2.05, 4.69) is 10.5 Å². The van der Waals surface area contributed by atoms with Gasteiger partial charge in [-0.2, -0.15) is 5.10 Å². The Morgan fingerprint density at radius 2 is 1.71 bits per heavy atom. The molecular weight excluding hydrogens is 372 g/mol. The van der Waals surface area contributed by atoms with E-state index in [1.54, 1.807) is 6.07 Å². The van der Waals surface area contributed by atoms with Crippen LogP contribution in [0, 0.1) is 20.2 Å². The third kappa shape index (κ3) is 4.78. The predicted molar refractivity (Wildman–Crippen MR) is 98.7 cm³/mol. The molecule has 0 fully saturated rings. The van der Waals surface area contributed by atoms with E-state index in [0.717, 1.165) is 0 Å². The summed E-state index contributed by atoms with van der Waals surface area (Å²) in [5.41, 5.74) is 2.23. The van der Waals surface area contributed by atoms with Gasteiger partial charge in [0.25, 0.3) is 5.69 Å². The lowest BCUT2D eigenvalue weighted by atomic mass is 10.1. The summed E-state index contributed by atoms with van der Waals surface area (Å²) in [5, 5.41) is 25.8. The Kier molecular flexibility index (Phi) is 6.58. The first-order valence-corrected chi connectivity index (χ1v) is 7.82. The van der Waals surface area contributed by atoms with Gasteiger partial charge in [-0.3, -0.25) is 25.0 Å². The third-order valence-corrected chi connectivity index (χ3v) is 3.66. The Hall–Kier alpha value is -4.02. The van der Waals surface area contributed by atoms with Gasteiger partial charge in [-0.1, -0.05) is 18.2 Å². The van der Waals surface area contributed by atoms with Gasteiger partial charge in [0.05, 0.1) is 36.7 Å². The van der Waals surface area contributed by atoms with Crippen molar-refractivity contribution in [2.75, 3.05) is 14.2 Å². The molecule has 0 heterocycles. The number of carbonyl (C=O) groups excluding carboxylic acids is 1. The number of hydrazone groups is 1. The molecule has 0 saturated carbocycles. The predicted octanol–water partition coefficient (Wildman–Crippen LogP) is 2.21. The van der Waals surface area contributed by atoms with Gasteiger partial charge < -0.3 is 9.47 Å². The van der Waals surface area contributed by atoms with Crippen LogP contribution in [0.4, 0.5) is 11.4 Å². The number of nitrogens with one attached hydrogen (secondary N) is 1. The van der Waals surface area contributed by atoms with Crippen LogP contribution in [0.15, 0.2) is 41.5 Å². The van der Waals surface area contributed by atoms with Gasteiger partial charge in [0.1, 0.15) is 5.75 Å². The van der Waals surface area contributed by atoms with Crippen LogP contribution in [-0.2, 0) is 11.2 Å². The number of hydrogen-bond acceptors (Lipinski definition) is 8. The Morgan fingerprint density at radius 1 is 1.07 bits per heavy atom. The van der Waals surface area contributed by atoms with E-state index < -0.39 is 15.8 Å². The van der Waals surface area contributed by atoms with Crippen LogP contribution in [0.3, 0.4) is 0 Å².